The zero-order valence-electron chi connectivity index (χ0n) is 15.2. The van der Waals surface area contributed by atoms with E-state index in [9.17, 15) is 5.26 Å². The molecule has 6 rings (SSSR count). The molecule has 1 N–H and O–H groups in total. The van der Waals surface area contributed by atoms with Crippen LogP contribution in [0.25, 0.3) is 0 Å². The summed E-state index contributed by atoms with van der Waals surface area (Å²) in [6.45, 7) is 2.20. The molecule has 0 amide bonds. The molecule has 2 aromatic heterocycles. The summed E-state index contributed by atoms with van der Waals surface area (Å²) in [4.78, 5) is 6.66. The maximum atomic E-state index is 9.48. The first-order valence-corrected chi connectivity index (χ1v) is 9.78. The molecule has 138 valence electrons. The van der Waals surface area contributed by atoms with Gasteiger partial charge in [-0.2, -0.15) is 10.4 Å². The highest BCUT2D eigenvalue weighted by molar-refractivity contribution is 6.10. The van der Waals surface area contributed by atoms with Crippen LogP contribution in [0.4, 0.5) is 5.82 Å². The van der Waals surface area contributed by atoms with Crippen molar-refractivity contribution in [1.82, 2.24) is 30.0 Å². The predicted molar refractivity (Wildman–Crippen MR) is 96.7 cm³/mol. The minimum Gasteiger partial charge on any atom is -0.314 e. The fourth-order valence-electron chi connectivity index (χ4n) is 5.23. The van der Waals surface area contributed by atoms with Gasteiger partial charge in [0.25, 0.3) is 0 Å². The van der Waals surface area contributed by atoms with Crippen LogP contribution >= 0.6 is 0 Å². The second-order valence-electron chi connectivity index (χ2n) is 8.21. The number of hydrazone groups is 1. The normalized spacial score (nSPS) is 33.4. The molecule has 2 aliphatic heterocycles. The first kappa shape index (κ1) is 15.2. The van der Waals surface area contributed by atoms with Gasteiger partial charge in [-0.1, -0.05) is 25.0 Å². The van der Waals surface area contributed by atoms with E-state index < -0.39 is 0 Å². The van der Waals surface area contributed by atoms with Crippen molar-refractivity contribution in [1.29, 1.82) is 5.26 Å². The van der Waals surface area contributed by atoms with Gasteiger partial charge in [0.2, 0.25) is 6.19 Å². The van der Waals surface area contributed by atoms with Crippen LogP contribution in [0.5, 0.6) is 0 Å². The Morgan fingerprint density at radius 1 is 1.30 bits per heavy atom. The Morgan fingerprint density at radius 2 is 2.15 bits per heavy atom. The SMILES string of the molecule is CC1CC1c1c(C2=NNC3C4CCCCC4n4cncc4N23)nnn1C#N. The van der Waals surface area contributed by atoms with E-state index in [-0.39, 0.29) is 6.17 Å². The molecule has 2 aliphatic carbocycles. The number of fused-ring (bicyclic) bond motifs is 6. The molecule has 0 radical (unpaired) electrons. The third-order valence-electron chi connectivity index (χ3n) is 6.72. The number of hydrogen-bond donors (Lipinski definition) is 1. The highest BCUT2D eigenvalue weighted by Gasteiger charge is 2.49. The summed E-state index contributed by atoms with van der Waals surface area (Å²) in [5.41, 5.74) is 4.99. The number of hydrogen-bond acceptors (Lipinski definition) is 7. The summed E-state index contributed by atoms with van der Waals surface area (Å²) in [6, 6.07) is 0.470. The minimum absolute atomic E-state index is 0.117. The molecule has 0 aromatic carbocycles. The van der Waals surface area contributed by atoms with Crippen molar-refractivity contribution in [3.05, 3.63) is 23.9 Å². The Morgan fingerprint density at radius 3 is 2.96 bits per heavy atom. The third kappa shape index (κ3) is 1.98. The van der Waals surface area contributed by atoms with E-state index in [1.54, 1.807) is 0 Å². The van der Waals surface area contributed by atoms with Crippen molar-refractivity contribution >= 4 is 11.7 Å². The lowest BCUT2D eigenvalue weighted by Gasteiger charge is -2.45. The Hall–Kier alpha value is -2.89. The Bertz CT molecular complexity index is 979. The molecule has 0 spiro atoms. The molecule has 9 nitrogen and oxygen atoms in total. The van der Waals surface area contributed by atoms with Gasteiger partial charge in [0.05, 0.1) is 18.2 Å². The lowest BCUT2D eigenvalue weighted by Crippen LogP contribution is -2.53. The van der Waals surface area contributed by atoms with Crippen LogP contribution in [0.15, 0.2) is 17.6 Å². The molecule has 0 saturated heterocycles. The van der Waals surface area contributed by atoms with Gasteiger partial charge in [-0.05, 0) is 25.2 Å². The van der Waals surface area contributed by atoms with Crippen molar-refractivity contribution in [2.45, 2.75) is 57.2 Å². The van der Waals surface area contributed by atoms with Crippen molar-refractivity contribution in [3.63, 3.8) is 0 Å². The number of amidine groups is 1. The maximum Gasteiger partial charge on any atom is 0.208 e. The summed E-state index contributed by atoms with van der Waals surface area (Å²) in [6.07, 6.45) is 12.1. The van der Waals surface area contributed by atoms with E-state index in [1.165, 1.54) is 30.4 Å². The van der Waals surface area contributed by atoms with Crippen LogP contribution in [0.3, 0.4) is 0 Å². The first-order valence-electron chi connectivity index (χ1n) is 9.78. The highest BCUT2D eigenvalue weighted by Crippen LogP contribution is 2.49. The van der Waals surface area contributed by atoms with Gasteiger partial charge < -0.3 is 4.57 Å². The zero-order chi connectivity index (χ0) is 18.1. The van der Waals surface area contributed by atoms with Crippen LogP contribution in [0.1, 0.15) is 62.4 Å². The third-order valence-corrected chi connectivity index (χ3v) is 6.72. The second-order valence-corrected chi connectivity index (χ2v) is 8.21. The fourth-order valence-corrected chi connectivity index (χ4v) is 5.23. The average molecular weight is 363 g/mol. The fraction of sp³-hybridized carbons (Fsp3) is 0.611. The molecule has 2 aromatic rings. The van der Waals surface area contributed by atoms with Crippen LogP contribution in [0, 0.1) is 23.3 Å². The van der Waals surface area contributed by atoms with E-state index in [0.29, 0.717) is 23.8 Å². The average Bonchev–Trinajstić information content (AvgIpc) is 3.13. The molecular formula is C18H21N9. The molecule has 4 aliphatic rings. The van der Waals surface area contributed by atoms with E-state index in [1.807, 2.05) is 12.5 Å². The van der Waals surface area contributed by atoms with Crippen molar-refractivity contribution in [3.8, 4) is 6.19 Å². The van der Waals surface area contributed by atoms with Gasteiger partial charge in [-0.25, -0.2) is 4.98 Å². The second kappa shape index (κ2) is 5.31. The molecule has 5 unspecified atom stereocenters. The molecule has 4 heterocycles. The van der Waals surface area contributed by atoms with E-state index in [0.717, 1.165) is 29.5 Å². The Balaban J connectivity index is 1.46. The number of anilines is 1. The first-order chi connectivity index (χ1) is 13.3. The van der Waals surface area contributed by atoms with Crippen LogP contribution in [-0.2, 0) is 0 Å². The number of aromatic nitrogens is 5. The molecule has 27 heavy (non-hydrogen) atoms. The van der Waals surface area contributed by atoms with Crippen LogP contribution < -0.4 is 10.3 Å². The number of nitrogens with one attached hydrogen (secondary N) is 1. The van der Waals surface area contributed by atoms with Crippen LogP contribution in [-0.4, -0.2) is 36.5 Å². The molecule has 0 bridgehead atoms. The Labute approximate surface area is 156 Å². The van der Waals surface area contributed by atoms with Crippen molar-refractivity contribution in [2.24, 2.45) is 16.9 Å². The number of nitriles is 1. The zero-order valence-corrected chi connectivity index (χ0v) is 15.2. The lowest BCUT2D eigenvalue weighted by molar-refractivity contribution is 0.176. The highest BCUT2D eigenvalue weighted by atomic mass is 15.6. The van der Waals surface area contributed by atoms with Gasteiger partial charge in [0.1, 0.15) is 12.0 Å². The maximum absolute atomic E-state index is 9.48. The van der Waals surface area contributed by atoms with Crippen molar-refractivity contribution in [2.75, 3.05) is 4.90 Å². The molecule has 9 heteroatoms. The molecular weight excluding hydrogens is 342 g/mol. The summed E-state index contributed by atoms with van der Waals surface area (Å²) >= 11 is 0. The largest absolute Gasteiger partial charge is 0.314 e. The quantitative estimate of drug-likeness (QED) is 0.873. The van der Waals surface area contributed by atoms with Gasteiger partial charge in [0, 0.05) is 17.9 Å². The van der Waals surface area contributed by atoms with Gasteiger partial charge >= 0.3 is 0 Å². The van der Waals surface area contributed by atoms with Gasteiger partial charge in [-0.15, -0.1) is 9.78 Å². The smallest absolute Gasteiger partial charge is 0.208 e. The predicted octanol–water partition coefficient (Wildman–Crippen LogP) is 1.77. The Kier molecular flexibility index (Phi) is 2.99. The monoisotopic (exact) mass is 363 g/mol. The standard InChI is InChI=1S/C18H21N9/c1-10-6-12(10)16-15(21-24-26(16)8-19)18-23-22-17-11-4-2-3-5-13(11)25-9-20-7-14(25)27(17)18/h7,9-13,17,22H,2-6H2,1H3. The van der Waals surface area contributed by atoms with Gasteiger partial charge in [0.15, 0.2) is 11.5 Å². The molecule has 2 fully saturated rings. The summed E-state index contributed by atoms with van der Waals surface area (Å²) in [7, 11) is 0. The number of rotatable bonds is 2. The minimum atomic E-state index is 0.117. The molecule has 2 saturated carbocycles. The number of nitrogens with zero attached hydrogens (tertiary/aromatic N) is 8. The molecule has 5 atom stereocenters. The van der Waals surface area contributed by atoms with E-state index >= 15 is 0 Å². The summed E-state index contributed by atoms with van der Waals surface area (Å²) in [5, 5.41) is 22.6. The van der Waals surface area contributed by atoms with E-state index in [4.69, 9.17) is 0 Å². The lowest BCUT2D eigenvalue weighted by atomic mass is 9.80. The van der Waals surface area contributed by atoms with E-state index in [2.05, 4.69) is 48.4 Å². The van der Waals surface area contributed by atoms with Crippen molar-refractivity contribution < 1.29 is 0 Å². The number of imidazole rings is 1. The topological polar surface area (TPSA) is 99.9 Å². The van der Waals surface area contributed by atoms with Gasteiger partial charge in [-0.3, -0.25) is 10.3 Å². The summed E-state index contributed by atoms with van der Waals surface area (Å²) < 4.78 is 3.67. The summed E-state index contributed by atoms with van der Waals surface area (Å²) in [5.74, 6) is 3.17. The van der Waals surface area contributed by atoms with Crippen LogP contribution in [0.2, 0.25) is 0 Å².